The average molecular weight is 446 g/mol. The predicted molar refractivity (Wildman–Crippen MR) is 129 cm³/mol. The van der Waals surface area contributed by atoms with Crippen molar-refractivity contribution in [3.63, 3.8) is 0 Å². The van der Waals surface area contributed by atoms with Crippen molar-refractivity contribution in [3.05, 3.63) is 60.2 Å². The molecule has 3 N–H and O–H groups in total. The van der Waals surface area contributed by atoms with Gasteiger partial charge in [-0.2, -0.15) is 0 Å². The van der Waals surface area contributed by atoms with Crippen LogP contribution < -0.4 is 10.6 Å². The molecular weight excluding hydrogens is 414 g/mol. The van der Waals surface area contributed by atoms with Crippen molar-refractivity contribution in [1.82, 2.24) is 20.2 Å². The number of fused-ring (bicyclic) bond motifs is 1. The van der Waals surface area contributed by atoms with Crippen LogP contribution >= 0.6 is 0 Å². The molecule has 1 amide bonds. The monoisotopic (exact) mass is 445 g/mol. The summed E-state index contributed by atoms with van der Waals surface area (Å²) >= 11 is 0. The third kappa shape index (κ3) is 4.64. The van der Waals surface area contributed by atoms with Gasteiger partial charge in [0.2, 0.25) is 5.91 Å². The van der Waals surface area contributed by atoms with Crippen LogP contribution in [0.4, 0.5) is 5.69 Å². The second-order valence-electron chi connectivity index (χ2n) is 9.34. The number of nitrogens with zero attached hydrogens (tertiary/aromatic N) is 3. The highest BCUT2D eigenvalue weighted by Crippen LogP contribution is 2.38. The Morgan fingerprint density at radius 2 is 1.94 bits per heavy atom. The number of rotatable bonds is 6. The summed E-state index contributed by atoms with van der Waals surface area (Å²) in [7, 11) is 0. The van der Waals surface area contributed by atoms with Gasteiger partial charge in [0.15, 0.2) is 0 Å². The van der Waals surface area contributed by atoms with Gasteiger partial charge in [0, 0.05) is 54.7 Å². The van der Waals surface area contributed by atoms with Gasteiger partial charge in [-0.15, -0.1) is 0 Å². The summed E-state index contributed by atoms with van der Waals surface area (Å²) in [6.45, 7) is 4.12. The van der Waals surface area contributed by atoms with Crippen LogP contribution in [0.1, 0.15) is 42.9 Å². The molecule has 1 aliphatic heterocycles. The van der Waals surface area contributed by atoms with Crippen molar-refractivity contribution in [1.29, 1.82) is 0 Å². The molecule has 33 heavy (non-hydrogen) atoms. The highest BCUT2D eigenvalue weighted by Gasteiger charge is 2.36. The van der Waals surface area contributed by atoms with Gasteiger partial charge < -0.3 is 15.7 Å². The number of hydrogen-bond acceptors (Lipinski definition) is 6. The van der Waals surface area contributed by atoms with Crippen LogP contribution in [0.25, 0.3) is 10.8 Å². The first-order valence-electron chi connectivity index (χ1n) is 11.8. The van der Waals surface area contributed by atoms with Gasteiger partial charge in [-0.3, -0.25) is 19.7 Å². The number of carbonyl (C=O) groups is 1. The quantitative estimate of drug-likeness (QED) is 0.537. The first-order valence-corrected chi connectivity index (χ1v) is 11.8. The molecule has 3 heterocycles. The van der Waals surface area contributed by atoms with Gasteiger partial charge in [-0.1, -0.05) is 12.1 Å². The molecule has 0 spiro atoms. The molecule has 172 valence electrons. The van der Waals surface area contributed by atoms with E-state index in [0.717, 1.165) is 66.5 Å². The zero-order valence-corrected chi connectivity index (χ0v) is 19.0. The van der Waals surface area contributed by atoms with E-state index in [1.54, 1.807) is 24.5 Å². The summed E-state index contributed by atoms with van der Waals surface area (Å²) in [5, 5.41) is 18.7. The summed E-state index contributed by atoms with van der Waals surface area (Å²) in [5.74, 6) is 0.684. The maximum Gasteiger partial charge on any atom is 0.239 e. The van der Waals surface area contributed by atoms with Crippen molar-refractivity contribution in [2.24, 2.45) is 0 Å². The standard InChI is InChI=1S/C26H31N5O2/c1-17-4-5-18-10-12-27-13-22(18)25(17)29-14-24(33)30-20-15-31(16-20)21-8-6-19(7-9-21)26-23(32)3-2-11-28-26/h2-5,10-13,19-21,29,32H,6-9,14-16H2,1H3,(H,30,33). The molecule has 5 rings (SSSR count). The fourth-order valence-corrected chi connectivity index (χ4v) is 5.29. The number of amides is 1. The number of nitrogens with one attached hydrogen (secondary N) is 2. The van der Waals surface area contributed by atoms with Gasteiger partial charge in [0.25, 0.3) is 0 Å². The number of aromatic nitrogens is 2. The minimum absolute atomic E-state index is 0.0225. The number of carbonyl (C=O) groups excluding carboxylic acids is 1. The lowest BCUT2D eigenvalue weighted by molar-refractivity contribution is -0.121. The Labute approximate surface area is 194 Å². The third-order valence-corrected chi connectivity index (χ3v) is 7.15. The summed E-state index contributed by atoms with van der Waals surface area (Å²) in [6.07, 6.45) is 9.70. The Balaban J connectivity index is 1.07. The molecular formula is C26H31N5O2. The Bertz CT molecular complexity index is 1140. The normalized spacial score (nSPS) is 21.5. The number of pyridine rings is 2. The van der Waals surface area contributed by atoms with E-state index < -0.39 is 0 Å². The van der Waals surface area contributed by atoms with Crippen LogP contribution in [0.2, 0.25) is 0 Å². The highest BCUT2D eigenvalue weighted by atomic mass is 16.3. The Morgan fingerprint density at radius 3 is 2.73 bits per heavy atom. The first-order chi connectivity index (χ1) is 16.1. The van der Waals surface area contributed by atoms with E-state index in [9.17, 15) is 9.90 Å². The molecule has 0 radical (unpaired) electrons. The molecule has 0 atom stereocenters. The number of hydrogen-bond donors (Lipinski definition) is 3. The van der Waals surface area contributed by atoms with E-state index in [2.05, 4.69) is 37.6 Å². The summed E-state index contributed by atoms with van der Waals surface area (Å²) in [4.78, 5) is 23.6. The third-order valence-electron chi connectivity index (χ3n) is 7.15. The predicted octanol–water partition coefficient (Wildman–Crippen LogP) is 3.58. The number of anilines is 1. The van der Waals surface area contributed by atoms with E-state index in [-0.39, 0.29) is 18.5 Å². The SMILES string of the molecule is Cc1ccc2ccncc2c1NCC(=O)NC1CN(C2CCC(c3ncccc3O)CC2)C1. The maximum atomic E-state index is 12.5. The lowest BCUT2D eigenvalue weighted by atomic mass is 9.82. The summed E-state index contributed by atoms with van der Waals surface area (Å²) in [5.41, 5.74) is 2.92. The minimum atomic E-state index is 0.0225. The molecule has 1 saturated heterocycles. The summed E-state index contributed by atoms with van der Waals surface area (Å²) in [6, 6.07) is 10.4. The molecule has 2 fully saturated rings. The first kappa shape index (κ1) is 21.6. The number of likely N-dealkylation sites (tertiary alicyclic amines) is 1. The van der Waals surface area contributed by atoms with Crippen LogP contribution in [-0.2, 0) is 4.79 Å². The van der Waals surface area contributed by atoms with Crippen LogP contribution in [-0.4, -0.2) is 57.6 Å². The highest BCUT2D eigenvalue weighted by molar-refractivity contribution is 5.96. The molecule has 2 aromatic heterocycles. The van der Waals surface area contributed by atoms with Gasteiger partial charge in [-0.05, 0) is 61.8 Å². The van der Waals surface area contributed by atoms with Crippen molar-refractivity contribution in [3.8, 4) is 5.75 Å². The van der Waals surface area contributed by atoms with Crippen LogP contribution in [0, 0.1) is 6.92 Å². The number of aryl methyl sites for hydroxylation is 1. The average Bonchev–Trinajstić information content (AvgIpc) is 2.81. The van der Waals surface area contributed by atoms with Crippen LogP contribution in [0.3, 0.4) is 0 Å². The van der Waals surface area contributed by atoms with Gasteiger partial charge in [-0.25, -0.2) is 0 Å². The van der Waals surface area contributed by atoms with Crippen molar-refractivity contribution in [2.45, 2.75) is 50.6 Å². The van der Waals surface area contributed by atoms with Crippen LogP contribution in [0.5, 0.6) is 5.75 Å². The van der Waals surface area contributed by atoms with Crippen molar-refractivity contribution < 1.29 is 9.90 Å². The van der Waals surface area contributed by atoms with Crippen molar-refractivity contribution >= 4 is 22.4 Å². The summed E-state index contributed by atoms with van der Waals surface area (Å²) < 4.78 is 0. The lowest BCUT2D eigenvalue weighted by Crippen LogP contribution is -2.63. The lowest BCUT2D eigenvalue weighted by Gasteiger charge is -2.46. The topological polar surface area (TPSA) is 90.4 Å². The minimum Gasteiger partial charge on any atom is -0.506 e. The Hall–Kier alpha value is -3.19. The molecule has 7 nitrogen and oxygen atoms in total. The maximum absolute atomic E-state index is 12.5. The van der Waals surface area contributed by atoms with Gasteiger partial charge in [0.05, 0.1) is 18.3 Å². The number of benzene rings is 1. The van der Waals surface area contributed by atoms with E-state index >= 15 is 0 Å². The fourth-order valence-electron chi connectivity index (χ4n) is 5.29. The van der Waals surface area contributed by atoms with Gasteiger partial charge >= 0.3 is 0 Å². The van der Waals surface area contributed by atoms with Crippen molar-refractivity contribution in [2.75, 3.05) is 25.0 Å². The molecule has 7 heteroatoms. The number of aromatic hydroxyl groups is 1. The molecule has 3 aromatic rings. The molecule has 1 aromatic carbocycles. The Morgan fingerprint density at radius 1 is 1.12 bits per heavy atom. The largest absolute Gasteiger partial charge is 0.506 e. The van der Waals surface area contributed by atoms with Gasteiger partial charge in [0.1, 0.15) is 5.75 Å². The fraction of sp³-hybridized carbons (Fsp3) is 0.423. The van der Waals surface area contributed by atoms with E-state index in [4.69, 9.17) is 0 Å². The van der Waals surface area contributed by atoms with E-state index in [1.165, 1.54) is 0 Å². The van der Waals surface area contributed by atoms with E-state index in [0.29, 0.717) is 17.7 Å². The zero-order chi connectivity index (χ0) is 22.8. The smallest absolute Gasteiger partial charge is 0.239 e. The Kier molecular flexibility index (Phi) is 6.13. The zero-order valence-electron chi connectivity index (χ0n) is 19.0. The second kappa shape index (κ2) is 9.35. The molecule has 2 aliphatic rings. The molecule has 1 saturated carbocycles. The second-order valence-corrected chi connectivity index (χ2v) is 9.34. The molecule has 0 unspecified atom stereocenters. The molecule has 1 aliphatic carbocycles. The molecule has 0 bridgehead atoms. The van der Waals surface area contributed by atoms with Crippen LogP contribution in [0.15, 0.2) is 48.9 Å². The van der Waals surface area contributed by atoms with E-state index in [1.807, 2.05) is 19.2 Å².